The summed E-state index contributed by atoms with van der Waals surface area (Å²) in [7, 11) is 0. The Kier molecular flexibility index (Phi) is 13.6. The van der Waals surface area contributed by atoms with Crippen LogP contribution in [0.25, 0.3) is 0 Å². The Morgan fingerprint density at radius 2 is 1.63 bits per heavy atom. The van der Waals surface area contributed by atoms with Crippen molar-refractivity contribution in [1.29, 1.82) is 0 Å². The van der Waals surface area contributed by atoms with Crippen LogP contribution in [-0.2, 0) is 14.3 Å². The monoisotopic (exact) mass is 533 g/mol. The lowest BCUT2D eigenvalue weighted by Gasteiger charge is -2.39. The minimum absolute atomic E-state index is 0.0579. The molecule has 3 atom stereocenters. The van der Waals surface area contributed by atoms with Gasteiger partial charge in [-0.05, 0) is 71.3 Å². The van der Waals surface area contributed by atoms with Crippen molar-refractivity contribution in [2.45, 2.75) is 118 Å². The summed E-state index contributed by atoms with van der Waals surface area (Å²) in [5, 5.41) is 16.5. The summed E-state index contributed by atoms with van der Waals surface area (Å²) in [6.07, 6.45) is 2.91. The number of hydrogen-bond donors (Lipinski definition) is 3. The second-order valence-corrected chi connectivity index (χ2v) is 12.0. The molecule has 8 nitrogen and oxygen atoms in total. The molecule has 3 N–H and O–H groups in total. The summed E-state index contributed by atoms with van der Waals surface area (Å²) in [6.45, 7) is 17.9. The quantitative estimate of drug-likeness (QED) is 0.256. The van der Waals surface area contributed by atoms with Crippen molar-refractivity contribution in [3.63, 3.8) is 0 Å². The van der Waals surface area contributed by atoms with Crippen molar-refractivity contribution in [1.82, 2.24) is 15.5 Å². The highest BCUT2D eigenvalue weighted by molar-refractivity contribution is 5.92. The molecule has 1 aromatic carbocycles. The molecule has 3 amide bonds. The van der Waals surface area contributed by atoms with Crippen LogP contribution in [0.15, 0.2) is 24.3 Å². The molecule has 0 saturated carbocycles. The van der Waals surface area contributed by atoms with E-state index < -0.39 is 23.8 Å². The summed E-state index contributed by atoms with van der Waals surface area (Å²) < 4.78 is 5.46. The zero-order valence-corrected chi connectivity index (χ0v) is 25.0. The number of rotatable bonds is 14. The van der Waals surface area contributed by atoms with Crippen LogP contribution < -0.4 is 10.6 Å². The number of aromatic hydroxyl groups is 1. The highest BCUT2D eigenvalue weighted by Crippen LogP contribution is 2.33. The van der Waals surface area contributed by atoms with Gasteiger partial charge >= 0.3 is 6.09 Å². The Balaban J connectivity index is 3.59. The van der Waals surface area contributed by atoms with E-state index in [9.17, 15) is 19.5 Å². The minimum Gasteiger partial charge on any atom is -0.508 e. The van der Waals surface area contributed by atoms with Crippen LogP contribution in [0.3, 0.4) is 0 Å². The number of phenols is 1. The number of nitrogens with one attached hydrogen (secondary N) is 2. The van der Waals surface area contributed by atoms with E-state index in [-0.39, 0.29) is 29.5 Å². The number of nitrogens with zero attached hydrogens (tertiary/aromatic N) is 1. The van der Waals surface area contributed by atoms with Gasteiger partial charge in [-0.1, -0.05) is 59.2 Å². The molecule has 38 heavy (non-hydrogen) atoms. The number of para-hydroxylation sites is 1. The Morgan fingerprint density at radius 1 is 1.00 bits per heavy atom. The highest BCUT2D eigenvalue weighted by atomic mass is 16.6. The minimum atomic E-state index is -1.06. The van der Waals surface area contributed by atoms with E-state index in [2.05, 4.69) is 24.5 Å². The third-order valence-corrected chi connectivity index (χ3v) is 6.17. The van der Waals surface area contributed by atoms with Gasteiger partial charge in [-0.15, -0.1) is 0 Å². The van der Waals surface area contributed by atoms with Gasteiger partial charge in [-0.25, -0.2) is 4.79 Å². The van der Waals surface area contributed by atoms with E-state index >= 15 is 0 Å². The zero-order valence-electron chi connectivity index (χ0n) is 25.0. The van der Waals surface area contributed by atoms with E-state index in [0.29, 0.717) is 30.9 Å². The van der Waals surface area contributed by atoms with Crippen LogP contribution in [0.1, 0.15) is 106 Å². The van der Waals surface area contributed by atoms with Gasteiger partial charge < -0.3 is 25.4 Å². The van der Waals surface area contributed by atoms with Crippen LogP contribution in [0, 0.1) is 11.8 Å². The van der Waals surface area contributed by atoms with E-state index in [4.69, 9.17) is 4.74 Å². The molecular weight excluding hydrogens is 482 g/mol. The molecule has 0 saturated heterocycles. The van der Waals surface area contributed by atoms with E-state index in [1.165, 1.54) is 6.07 Å². The van der Waals surface area contributed by atoms with Gasteiger partial charge in [0.15, 0.2) is 0 Å². The van der Waals surface area contributed by atoms with Crippen LogP contribution in [-0.4, -0.2) is 52.1 Å². The van der Waals surface area contributed by atoms with E-state index in [1.54, 1.807) is 43.9 Å². The van der Waals surface area contributed by atoms with Crippen LogP contribution in [0.5, 0.6) is 5.75 Å². The van der Waals surface area contributed by atoms with E-state index in [0.717, 1.165) is 19.3 Å². The Bertz CT molecular complexity index is 894. The molecule has 216 valence electrons. The fourth-order valence-electron chi connectivity index (χ4n) is 4.26. The number of alkyl carbamates (subject to hydrolysis) is 1. The summed E-state index contributed by atoms with van der Waals surface area (Å²) in [6, 6.07) is 4.34. The van der Waals surface area contributed by atoms with Crippen LogP contribution in [0.2, 0.25) is 0 Å². The lowest BCUT2D eigenvalue weighted by Crippen LogP contribution is -2.56. The Labute approximate surface area is 229 Å². The van der Waals surface area contributed by atoms with Gasteiger partial charge in [-0.3, -0.25) is 9.59 Å². The molecule has 3 unspecified atom stereocenters. The number of amides is 3. The molecule has 0 spiro atoms. The number of phenolic OH excluding ortho intramolecular Hbond substituents is 1. The Hall–Kier alpha value is -2.77. The number of hydrogen-bond acceptors (Lipinski definition) is 5. The molecule has 0 aliphatic heterocycles. The predicted molar refractivity (Wildman–Crippen MR) is 152 cm³/mol. The van der Waals surface area contributed by atoms with Gasteiger partial charge in [-0.2, -0.15) is 0 Å². The van der Waals surface area contributed by atoms with Gasteiger partial charge in [0.2, 0.25) is 11.8 Å². The molecule has 0 radical (unpaired) electrons. The maximum Gasteiger partial charge on any atom is 0.408 e. The fraction of sp³-hybridized carbons (Fsp3) is 0.700. The molecule has 0 aromatic heterocycles. The second kappa shape index (κ2) is 15.6. The lowest BCUT2D eigenvalue weighted by molar-refractivity contribution is -0.145. The number of benzene rings is 1. The number of carbonyl (C=O) groups excluding carboxylic acids is 3. The summed E-state index contributed by atoms with van der Waals surface area (Å²) >= 11 is 0. The zero-order chi connectivity index (χ0) is 29.0. The number of carbonyl (C=O) groups is 3. The average Bonchev–Trinajstić information content (AvgIpc) is 2.79. The maximum absolute atomic E-state index is 14.3. The molecule has 0 heterocycles. The highest BCUT2D eigenvalue weighted by Gasteiger charge is 2.40. The van der Waals surface area contributed by atoms with Gasteiger partial charge in [0, 0.05) is 18.2 Å². The van der Waals surface area contributed by atoms with Crippen molar-refractivity contribution in [3.05, 3.63) is 29.8 Å². The second-order valence-electron chi connectivity index (χ2n) is 12.0. The fourth-order valence-corrected chi connectivity index (χ4v) is 4.26. The molecular formula is C30H51N3O5. The van der Waals surface area contributed by atoms with Gasteiger partial charge in [0.05, 0.1) is 0 Å². The number of ether oxygens (including phenoxy) is 1. The first kappa shape index (κ1) is 33.3. The summed E-state index contributed by atoms with van der Waals surface area (Å²) in [4.78, 5) is 42.3. The standard InChI is InChI=1S/C30H51N3O5/c1-10-11-18-31-27(35)26(23-14-12-13-15-25(23)34)33(22(6)17-16-20(2)3)28(36)24(19-21(4)5)32-29(37)38-30(7,8)9/h12-15,20-22,24,26,34H,10-11,16-19H2,1-9H3,(H,31,35)(H,32,37). The SMILES string of the molecule is CCCCNC(=O)C(c1ccccc1O)N(C(=O)C(CC(C)C)NC(=O)OC(C)(C)C)C(C)CCC(C)C. The predicted octanol–water partition coefficient (Wildman–Crippen LogP) is 5.94. The third kappa shape index (κ3) is 11.3. The first-order valence-corrected chi connectivity index (χ1v) is 14.0. The van der Waals surface area contributed by atoms with Crippen molar-refractivity contribution in [2.75, 3.05) is 6.54 Å². The van der Waals surface area contributed by atoms with Gasteiger partial charge in [0.25, 0.3) is 0 Å². The van der Waals surface area contributed by atoms with Crippen molar-refractivity contribution < 1.29 is 24.2 Å². The average molecular weight is 534 g/mol. The molecule has 0 fully saturated rings. The summed E-state index contributed by atoms with van der Waals surface area (Å²) in [5.74, 6) is -0.293. The molecule has 8 heteroatoms. The van der Waals surface area contributed by atoms with Crippen molar-refractivity contribution in [2.24, 2.45) is 11.8 Å². The Morgan fingerprint density at radius 3 is 2.16 bits per heavy atom. The molecule has 1 aromatic rings. The van der Waals surface area contributed by atoms with Crippen molar-refractivity contribution in [3.8, 4) is 5.75 Å². The molecule has 0 bridgehead atoms. The molecule has 0 aliphatic carbocycles. The third-order valence-electron chi connectivity index (χ3n) is 6.17. The van der Waals surface area contributed by atoms with Crippen LogP contribution >= 0.6 is 0 Å². The van der Waals surface area contributed by atoms with Gasteiger partial charge in [0.1, 0.15) is 23.4 Å². The molecule has 1 rings (SSSR count). The topological polar surface area (TPSA) is 108 Å². The largest absolute Gasteiger partial charge is 0.508 e. The first-order valence-electron chi connectivity index (χ1n) is 14.0. The van der Waals surface area contributed by atoms with E-state index in [1.807, 2.05) is 27.7 Å². The summed E-state index contributed by atoms with van der Waals surface area (Å²) in [5.41, 5.74) is -0.371. The number of unbranched alkanes of at least 4 members (excludes halogenated alkanes) is 1. The smallest absolute Gasteiger partial charge is 0.408 e. The lowest BCUT2D eigenvalue weighted by atomic mass is 9.95. The first-order chi connectivity index (χ1) is 17.7. The van der Waals surface area contributed by atoms with Crippen molar-refractivity contribution >= 4 is 17.9 Å². The normalized spacial score (nSPS) is 14.1. The molecule has 0 aliphatic rings. The maximum atomic E-state index is 14.3. The van der Waals surface area contributed by atoms with Crippen LogP contribution in [0.4, 0.5) is 4.79 Å².